The zero-order valence-corrected chi connectivity index (χ0v) is 12.1. The lowest BCUT2D eigenvalue weighted by atomic mass is 9.93. The summed E-state index contributed by atoms with van der Waals surface area (Å²) in [6.07, 6.45) is 8.09. The number of rotatable bonds is 7. The van der Waals surface area contributed by atoms with E-state index in [2.05, 4.69) is 10.6 Å². The first-order valence-corrected chi connectivity index (χ1v) is 7.93. The number of esters is 1. The number of carbonyl (C=O) groups is 1. The van der Waals surface area contributed by atoms with Crippen molar-refractivity contribution in [2.75, 3.05) is 19.7 Å². The highest BCUT2D eigenvalue weighted by Crippen LogP contribution is 2.31. The summed E-state index contributed by atoms with van der Waals surface area (Å²) in [6, 6.07) is 1.38. The van der Waals surface area contributed by atoms with Crippen LogP contribution in [0.15, 0.2) is 0 Å². The predicted molar refractivity (Wildman–Crippen MR) is 76.0 cm³/mol. The normalized spacial score (nSPS) is 30.7. The van der Waals surface area contributed by atoms with Gasteiger partial charge in [-0.1, -0.05) is 6.42 Å². The second kappa shape index (κ2) is 7.85. The lowest BCUT2D eigenvalue weighted by Gasteiger charge is -2.26. The average Bonchev–Trinajstić information content (AvgIpc) is 3.05. The number of hydrogen-bond acceptors (Lipinski definition) is 4. The van der Waals surface area contributed by atoms with E-state index in [0.29, 0.717) is 19.1 Å². The maximum atomic E-state index is 11.3. The highest BCUT2D eigenvalue weighted by atomic mass is 16.5. The fourth-order valence-electron chi connectivity index (χ4n) is 3.55. The largest absolute Gasteiger partial charge is 0.466 e. The SMILES string of the molecule is CCOC(=O)CCCNC1CCCC1C1CCCN1. The van der Waals surface area contributed by atoms with Crippen LogP contribution in [0.1, 0.15) is 51.9 Å². The van der Waals surface area contributed by atoms with Crippen molar-refractivity contribution < 1.29 is 9.53 Å². The highest BCUT2D eigenvalue weighted by molar-refractivity contribution is 5.69. The van der Waals surface area contributed by atoms with Gasteiger partial charge in [0.15, 0.2) is 0 Å². The van der Waals surface area contributed by atoms with E-state index in [0.717, 1.165) is 24.9 Å². The summed E-state index contributed by atoms with van der Waals surface area (Å²) in [4.78, 5) is 11.3. The Kier molecular flexibility index (Phi) is 6.11. The van der Waals surface area contributed by atoms with E-state index in [1.807, 2.05) is 6.92 Å². The Morgan fingerprint density at radius 3 is 2.95 bits per heavy atom. The molecule has 3 unspecified atom stereocenters. The summed E-state index contributed by atoms with van der Waals surface area (Å²) in [6.45, 7) is 4.47. The van der Waals surface area contributed by atoms with Gasteiger partial charge in [0.2, 0.25) is 0 Å². The van der Waals surface area contributed by atoms with Gasteiger partial charge in [0.1, 0.15) is 0 Å². The molecule has 2 rings (SSSR count). The molecular weight excluding hydrogens is 240 g/mol. The molecule has 1 heterocycles. The molecule has 1 saturated carbocycles. The van der Waals surface area contributed by atoms with Crippen molar-refractivity contribution in [1.29, 1.82) is 0 Å². The minimum Gasteiger partial charge on any atom is -0.466 e. The molecule has 1 aliphatic heterocycles. The summed E-state index contributed by atoms with van der Waals surface area (Å²) < 4.78 is 4.94. The molecule has 0 bridgehead atoms. The maximum absolute atomic E-state index is 11.3. The molecule has 0 amide bonds. The molecule has 3 atom stereocenters. The van der Waals surface area contributed by atoms with E-state index in [1.165, 1.54) is 38.6 Å². The van der Waals surface area contributed by atoms with E-state index >= 15 is 0 Å². The van der Waals surface area contributed by atoms with Crippen molar-refractivity contribution in [2.24, 2.45) is 5.92 Å². The second-order valence-corrected chi connectivity index (χ2v) is 5.77. The van der Waals surface area contributed by atoms with Gasteiger partial charge in [-0.3, -0.25) is 4.79 Å². The predicted octanol–water partition coefficient (Wildman–Crippen LogP) is 1.84. The first kappa shape index (κ1) is 14.8. The molecule has 0 aromatic heterocycles. The lowest BCUT2D eigenvalue weighted by Crippen LogP contribution is -2.42. The van der Waals surface area contributed by atoms with Crippen molar-refractivity contribution >= 4 is 5.97 Å². The zero-order chi connectivity index (χ0) is 13.5. The fourth-order valence-corrected chi connectivity index (χ4v) is 3.55. The second-order valence-electron chi connectivity index (χ2n) is 5.77. The highest BCUT2D eigenvalue weighted by Gasteiger charge is 2.34. The van der Waals surface area contributed by atoms with Crippen molar-refractivity contribution in [3.8, 4) is 0 Å². The van der Waals surface area contributed by atoms with Crippen LogP contribution in [-0.4, -0.2) is 37.7 Å². The van der Waals surface area contributed by atoms with Gasteiger partial charge < -0.3 is 15.4 Å². The molecule has 2 N–H and O–H groups in total. The Bertz CT molecular complexity index is 277. The third-order valence-corrected chi connectivity index (χ3v) is 4.45. The van der Waals surface area contributed by atoms with Gasteiger partial charge >= 0.3 is 5.97 Å². The number of carbonyl (C=O) groups excluding carboxylic acids is 1. The van der Waals surface area contributed by atoms with Gasteiger partial charge in [-0.05, 0) is 58.0 Å². The molecule has 1 aliphatic carbocycles. The molecule has 4 nitrogen and oxygen atoms in total. The Balaban J connectivity index is 1.63. The summed E-state index contributed by atoms with van der Waals surface area (Å²) in [7, 11) is 0. The average molecular weight is 268 g/mol. The minimum atomic E-state index is -0.0651. The molecule has 110 valence electrons. The third-order valence-electron chi connectivity index (χ3n) is 4.45. The molecule has 2 fully saturated rings. The lowest BCUT2D eigenvalue weighted by molar-refractivity contribution is -0.143. The van der Waals surface area contributed by atoms with E-state index in [4.69, 9.17) is 4.74 Å². The van der Waals surface area contributed by atoms with Crippen LogP contribution in [0.3, 0.4) is 0 Å². The molecule has 1 saturated heterocycles. The minimum absolute atomic E-state index is 0.0651. The van der Waals surface area contributed by atoms with Gasteiger partial charge in [-0.25, -0.2) is 0 Å². The molecule has 0 aromatic rings. The summed E-state index contributed by atoms with van der Waals surface area (Å²) >= 11 is 0. The standard InChI is InChI=1S/C15H28N2O2/c1-2-19-15(18)9-5-11-17-13-7-3-6-12(13)14-8-4-10-16-14/h12-14,16-17H,2-11H2,1H3. The topological polar surface area (TPSA) is 50.4 Å². The Labute approximate surface area is 116 Å². The van der Waals surface area contributed by atoms with Crippen LogP contribution in [0.4, 0.5) is 0 Å². The van der Waals surface area contributed by atoms with Crippen LogP contribution in [-0.2, 0) is 9.53 Å². The number of hydrogen-bond donors (Lipinski definition) is 2. The van der Waals surface area contributed by atoms with Crippen molar-refractivity contribution in [2.45, 2.75) is 64.0 Å². The quantitative estimate of drug-likeness (QED) is 0.546. The van der Waals surface area contributed by atoms with Crippen LogP contribution in [0.2, 0.25) is 0 Å². The van der Waals surface area contributed by atoms with Gasteiger partial charge in [0, 0.05) is 18.5 Å². The van der Waals surface area contributed by atoms with Crippen molar-refractivity contribution in [3.63, 3.8) is 0 Å². The van der Waals surface area contributed by atoms with Crippen LogP contribution in [0.25, 0.3) is 0 Å². The van der Waals surface area contributed by atoms with Gasteiger partial charge in [-0.15, -0.1) is 0 Å². The van der Waals surface area contributed by atoms with Crippen LogP contribution < -0.4 is 10.6 Å². The fraction of sp³-hybridized carbons (Fsp3) is 0.933. The number of nitrogens with one attached hydrogen (secondary N) is 2. The van der Waals surface area contributed by atoms with Crippen LogP contribution >= 0.6 is 0 Å². The molecule has 2 aliphatic rings. The first-order chi connectivity index (χ1) is 9.31. The smallest absolute Gasteiger partial charge is 0.305 e. The Morgan fingerprint density at radius 1 is 1.32 bits per heavy atom. The van der Waals surface area contributed by atoms with Crippen LogP contribution in [0.5, 0.6) is 0 Å². The zero-order valence-electron chi connectivity index (χ0n) is 12.1. The number of ether oxygens (including phenoxy) is 1. The maximum Gasteiger partial charge on any atom is 0.305 e. The first-order valence-electron chi connectivity index (χ1n) is 7.93. The summed E-state index contributed by atoms with van der Waals surface area (Å²) in [5.41, 5.74) is 0. The van der Waals surface area contributed by atoms with Gasteiger partial charge in [-0.2, -0.15) is 0 Å². The Hall–Kier alpha value is -0.610. The third kappa shape index (κ3) is 4.46. The monoisotopic (exact) mass is 268 g/mol. The molecule has 0 aromatic carbocycles. The van der Waals surface area contributed by atoms with Crippen molar-refractivity contribution in [3.05, 3.63) is 0 Å². The van der Waals surface area contributed by atoms with E-state index in [1.54, 1.807) is 0 Å². The molecular formula is C15H28N2O2. The van der Waals surface area contributed by atoms with Gasteiger partial charge in [0.25, 0.3) is 0 Å². The van der Waals surface area contributed by atoms with E-state index < -0.39 is 0 Å². The Morgan fingerprint density at radius 2 is 2.21 bits per heavy atom. The van der Waals surface area contributed by atoms with E-state index in [-0.39, 0.29) is 5.97 Å². The summed E-state index contributed by atoms with van der Waals surface area (Å²) in [5.74, 6) is 0.731. The summed E-state index contributed by atoms with van der Waals surface area (Å²) in [5, 5.41) is 7.30. The van der Waals surface area contributed by atoms with E-state index in [9.17, 15) is 4.79 Å². The molecule has 0 radical (unpaired) electrons. The molecule has 19 heavy (non-hydrogen) atoms. The van der Waals surface area contributed by atoms with Crippen LogP contribution in [0, 0.1) is 5.92 Å². The molecule has 0 spiro atoms. The van der Waals surface area contributed by atoms with Crippen molar-refractivity contribution in [1.82, 2.24) is 10.6 Å². The van der Waals surface area contributed by atoms with Gasteiger partial charge in [0.05, 0.1) is 6.61 Å². The molecule has 4 heteroatoms.